The Hall–Kier alpha value is -2.99. The van der Waals surface area contributed by atoms with Crippen LogP contribution in [0.25, 0.3) is 6.08 Å². The molecule has 0 unspecified atom stereocenters. The summed E-state index contributed by atoms with van der Waals surface area (Å²) < 4.78 is 10.5. The summed E-state index contributed by atoms with van der Waals surface area (Å²) in [4.78, 5) is 28.7. The molecule has 1 aliphatic rings. The van der Waals surface area contributed by atoms with Crippen molar-refractivity contribution < 1.29 is 19.1 Å². The first-order valence-corrected chi connectivity index (χ1v) is 9.64. The second-order valence-electron chi connectivity index (χ2n) is 6.54. The summed E-state index contributed by atoms with van der Waals surface area (Å²) in [6, 6.07) is 12.4. The van der Waals surface area contributed by atoms with Crippen molar-refractivity contribution >= 4 is 29.5 Å². The Morgan fingerprint density at radius 3 is 2.24 bits per heavy atom. The Bertz CT molecular complexity index is 921. The van der Waals surface area contributed by atoms with Crippen LogP contribution < -0.4 is 9.47 Å². The molecule has 7 heteroatoms. The van der Waals surface area contributed by atoms with E-state index in [0.29, 0.717) is 48.3 Å². The van der Waals surface area contributed by atoms with Crippen LogP contribution in [0, 0.1) is 0 Å². The van der Waals surface area contributed by atoms with E-state index < -0.39 is 0 Å². The van der Waals surface area contributed by atoms with Crippen molar-refractivity contribution in [3.63, 3.8) is 0 Å². The molecule has 2 aromatic rings. The van der Waals surface area contributed by atoms with Crippen LogP contribution in [0.1, 0.15) is 15.9 Å². The lowest BCUT2D eigenvalue weighted by Crippen LogP contribution is -2.50. The van der Waals surface area contributed by atoms with E-state index in [4.69, 9.17) is 21.1 Å². The number of piperazine rings is 1. The molecule has 1 fully saturated rings. The van der Waals surface area contributed by atoms with Crippen LogP contribution in [0.4, 0.5) is 0 Å². The Balaban J connectivity index is 1.59. The van der Waals surface area contributed by atoms with Crippen molar-refractivity contribution in [2.75, 3.05) is 40.4 Å². The molecule has 0 atom stereocenters. The predicted molar refractivity (Wildman–Crippen MR) is 113 cm³/mol. The number of carbonyl (C=O) groups excluding carboxylic acids is 2. The summed E-state index contributed by atoms with van der Waals surface area (Å²) in [5, 5.41) is 0.599. The largest absolute Gasteiger partial charge is 0.493 e. The fraction of sp³-hybridized carbons (Fsp3) is 0.273. The Morgan fingerprint density at radius 2 is 1.59 bits per heavy atom. The summed E-state index contributed by atoms with van der Waals surface area (Å²) >= 11 is 6.11. The first-order chi connectivity index (χ1) is 14.0. The molecule has 0 aromatic heterocycles. The van der Waals surface area contributed by atoms with Crippen molar-refractivity contribution in [1.29, 1.82) is 0 Å². The number of hydrogen-bond acceptors (Lipinski definition) is 4. The molecule has 3 rings (SSSR count). The fourth-order valence-electron chi connectivity index (χ4n) is 3.16. The lowest BCUT2D eigenvalue weighted by Gasteiger charge is -2.34. The van der Waals surface area contributed by atoms with Crippen LogP contribution in [0.3, 0.4) is 0 Å². The van der Waals surface area contributed by atoms with Gasteiger partial charge in [-0.1, -0.05) is 29.8 Å². The third-order valence-electron chi connectivity index (χ3n) is 4.82. The summed E-state index contributed by atoms with van der Waals surface area (Å²) in [6.07, 6.45) is 3.23. The molecular formula is C22H23ClN2O4. The molecule has 0 aliphatic carbocycles. The van der Waals surface area contributed by atoms with Gasteiger partial charge in [0, 0.05) is 42.8 Å². The second kappa shape index (κ2) is 9.47. The lowest BCUT2D eigenvalue weighted by atomic mass is 10.1. The average molecular weight is 415 g/mol. The molecule has 0 saturated carbocycles. The van der Waals surface area contributed by atoms with Crippen molar-refractivity contribution in [1.82, 2.24) is 9.80 Å². The molecule has 1 aliphatic heterocycles. The van der Waals surface area contributed by atoms with Gasteiger partial charge in [0.05, 0.1) is 14.2 Å². The first kappa shape index (κ1) is 20.7. The Labute approximate surface area is 175 Å². The van der Waals surface area contributed by atoms with E-state index in [2.05, 4.69) is 0 Å². The molecule has 0 N–H and O–H groups in total. The molecule has 152 valence electrons. The number of methoxy groups -OCH3 is 2. The van der Waals surface area contributed by atoms with Gasteiger partial charge in [-0.15, -0.1) is 0 Å². The number of ether oxygens (including phenoxy) is 2. The second-order valence-corrected chi connectivity index (χ2v) is 6.95. The van der Waals surface area contributed by atoms with Crippen molar-refractivity contribution in [3.05, 3.63) is 64.7 Å². The average Bonchev–Trinajstić information content (AvgIpc) is 2.77. The molecule has 0 spiro atoms. The van der Waals surface area contributed by atoms with Crippen molar-refractivity contribution in [2.24, 2.45) is 0 Å². The zero-order chi connectivity index (χ0) is 20.8. The van der Waals surface area contributed by atoms with E-state index >= 15 is 0 Å². The van der Waals surface area contributed by atoms with Gasteiger partial charge in [0.2, 0.25) is 5.91 Å². The number of carbonyl (C=O) groups is 2. The van der Waals surface area contributed by atoms with Gasteiger partial charge in [-0.25, -0.2) is 0 Å². The summed E-state index contributed by atoms with van der Waals surface area (Å²) in [5.41, 5.74) is 1.32. The van der Waals surface area contributed by atoms with E-state index in [1.165, 1.54) is 13.2 Å². The van der Waals surface area contributed by atoms with Gasteiger partial charge in [0.25, 0.3) is 5.91 Å². The Morgan fingerprint density at radius 1 is 0.931 bits per heavy atom. The van der Waals surface area contributed by atoms with Crippen LogP contribution >= 0.6 is 11.6 Å². The van der Waals surface area contributed by atoms with E-state index in [1.54, 1.807) is 47.3 Å². The van der Waals surface area contributed by atoms with E-state index in [1.807, 2.05) is 18.2 Å². The third kappa shape index (κ3) is 4.90. The molecule has 6 nitrogen and oxygen atoms in total. The monoisotopic (exact) mass is 414 g/mol. The molecule has 1 heterocycles. The Kier molecular flexibility index (Phi) is 6.77. The minimum absolute atomic E-state index is 0.0929. The standard InChI is InChI=1S/C22H23ClN2O4/c1-28-19-9-7-17(15-20(19)29-2)22(27)25-13-11-24(12-14-25)21(26)10-8-16-5-3-4-6-18(16)23/h3-10,15H,11-14H2,1-2H3/b10-8+. The van der Waals surface area contributed by atoms with Gasteiger partial charge in [0.15, 0.2) is 11.5 Å². The van der Waals surface area contributed by atoms with Crippen LogP contribution in [0.15, 0.2) is 48.5 Å². The summed E-state index contributed by atoms with van der Waals surface area (Å²) in [5.74, 6) is 0.898. The smallest absolute Gasteiger partial charge is 0.254 e. The maximum absolute atomic E-state index is 12.8. The molecule has 2 amide bonds. The van der Waals surface area contributed by atoms with Crippen LogP contribution in [0.5, 0.6) is 11.5 Å². The van der Waals surface area contributed by atoms with Crippen LogP contribution in [-0.2, 0) is 4.79 Å². The summed E-state index contributed by atoms with van der Waals surface area (Å²) in [6.45, 7) is 1.90. The highest BCUT2D eigenvalue weighted by Gasteiger charge is 2.24. The zero-order valence-electron chi connectivity index (χ0n) is 16.4. The topological polar surface area (TPSA) is 59.1 Å². The first-order valence-electron chi connectivity index (χ1n) is 9.26. The number of halogens is 1. The van der Waals surface area contributed by atoms with Crippen molar-refractivity contribution in [2.45, 2.75) is 0 Å². The van der Waals surface area contributed by atoms with E-state index in [-0.39, 0.29) is 11.8 Å². The molecular weight excluding hydrogens is 392 g/mol. The maximum atomic E-state index is 12.8. The highest BCUT2D eigenvalue weighted by atomic mass is 35.5. The van der Waals surface area contributed by atoms with Gasteiger partial charge >= 0.3 is 0 Å². The van der Waals surface area contributed by atoms with Crippen LogP contribution in [0.2, 0.25) is 5.02 Å². The van der Waals surface area contributed by atoms with Gasteiger partial charge in [-0.3, -0.25) is 9.59 Å². The minimum Gasteiger partial charge on any atom is -0.493 e. The fourth-order valence-corrected chi connectivity index (χ4v) is 3.36. The lowest BCUT2D eigenvalue weighted by molar-refractivity contribution is -0.127. The number of benzene rings is 2. The van der Waals surface area contributed by atoms with Gasteiger partial charge < -0.3 is 19.3 Å². The van der Waals surface area contributed by atoms with Crippen LogP contribution in [-0.4, -0.2) is 62.0 Å². The predicted octanol–water partition coefficient (Wildman–Crippen LogP) is 3.36. The molecule has 0 bridgehead atoms. The highest BCUT2D eigenvalue weighted by molar-refractivity contribution is 6.32. The van der Waals surface area contributed by atoms with Gasteiger partial charge in [0.1, 0.15) is 0 Å². The van der Waals surface area contributed by atoms with Gasteiger partial charge in [-0.05, 0) is 35.9 Å². The number of nitrogens with zero attached hydrogens (tertiary/aromatic N) is 2. The normalized spacial score (nSPS) is 14.2. The zero-order valence-corrected chi connectivity index (χ0v) is 17.2. The molecule has 1 saturated heterocycles. The third-order valence-corrected chi connectivity index (χ3v) is 5.16. The summed E-state index contributed by atoms with van der Waals surface area (Å²) in [7, 11) is 3.09. The molecule has 0 radical (unpaired) electrons. The number of amides is 2. The van der Waals surface area contributed by atoms with Gasteiger partial charge in [-0.2, -0.15) is 0 Å². The molecule has 2 aromatic carbocycles. The van der Waals surface area contributed by atoms with E-state index in [0.717, 1.165) is 5.56 Å². The maximum Gasteiger partial charge on any atom is 0.254 e. The minimum atomic E-state index is -0.0943. The SMILES string of the molecule is COc1ccc(C(=O)N2CCN(C(=O)/C=C/c3ccccc3Cl)CC2)cc1OC. The number of hydrogen-bond donors (Lipinski definition) is 0. The quantitative estimate of drug-likeness (QED) is 0.704. The number of rotatable bonds is 5. The van der Waals surface area contributed by atoms with Crippen molar-refractivity contribution in [3.8, 4) is 11.5 Å². The van der Waals surface area contributed by atoms with E-state index in [9.17, 15) is 9.59 Å². The highest BCUT2D eigenvalue weighted by Crippen LogP contribution is 2.28. The molecule has 29 heavy (non-hydrogen) atoms.